The van der Waals surface area contributed by atoms with Crippen LogP contribution in [0.2, 0.25) is 0 Å². The largest absolute Gasteiger partial charge is 0.495 e. The van der Waals surface area contributed by atoms with E-state index in [-0.39, 0.29) is 31.2 Å². The van der Waals surface area contributed by atoms with Crippen molar-refractivity contribution < 1.29 is 23.5 Å². The Morgan fingerprint density at radius 2 is 1.94 bits per heavy atom. The van der Waals surface area contributed by atoms with Crippen molar-refractivity contribution in [3.8, 4) is 5.75 Å². The first-order valence-electron chi connectivity index (χ1n) is 11.4. The lowest BCUT2D eigenvalue weighted by Gasteiger charge is -2.37. The number of fused-ring (bicyclic) bond motifs is 1. The molecule has 1 unspecified atom stereocenters. The van der Waals surface area contributed by atoms with Crippen molar-refractivity contribution in [2.75, 3.05) is 38.2 Å². The summed E-state index contributed by atoms with van der Waals surface area (Å²) in [6, 6.07) is 5.83. The van der Waals surface area contributed by atoms with E-state index in [1.165, 1.54) is 17.0 Å². The zero-order chi connectivity index (χ0) is 23.8. The molecule has 1 N–H and O–H groups in total. The summed E-state index contributed by atoms with van der Waals surface area (Å²) in [7, 11) is 1.61. The van der Waals surface area contributed by atoms with Crippen LogP contribution in [0, 0.1) is 5.82 Å². The average molecular weight is 468 g/mol. The number of pyridine rings is 1. The Morgan fingerprint density at radius 3 is 2.62 bits per heavy atom. The molecule has 9 nitrogen and oxygen atoms in total. The summed E-state index contributed by atoms with van der Waals surface area (Å²) >= 11 is 0. The van der Waals surface area contributed by atoms with Gasteiger partial charge in [-0.05, 0) is 30.7 Å². The molecule has 3 aliphatic rings. The van der Waals surface area contributed by atoms with Crippen molar-refractivity contribution in [2.45, 2.75) is 32.0 Å². The predicted molar refractivity (Wildman–Crippen MR) is 121 cm³/mol. The van der Waals surface area contributed by atoms with Gasteiger partial charge in [-0.25, -0.2) is 4.39 Å². The smallest absolute Gasteiger partial charge is 0.255 e. The quantitative estimate of drug-likeness (QED) is 0.663. The molecule has 5 rings (SSSR count). The van der Waals surface area contributed by atoms with E-state index in [4.69, 9.17) is 4.74 Å². The van der Waals surface area contributed by atoms with Crippen LogP contribution in [0.25, 0.3) is 0 Å². The maximum Gasteiger partial charge on any atom is 0.255 e. The Bertz CT molecular complexity index is 1130. The number of nitrogens with one attached hydrogen (secondary N) is 1. The van der Waals surface area contributed by atoms with Crippen LogP contribution >= 0.6 is 0 Å². The fourth-order valence-corrected chi connectivity index (χ4v) is 4.89. The Labute approximate surface area is 196 Å². The number of nitrogens with zero attached hydrogens (tertiary/aromatic N) is 4. The topological polar surface area (TPSA) is 95.1 Å². The monoisotopic (exact) mass is 467 g/mol. The van der Waals surface area contributed by atoms with Crippen molar-refractivity contribution in [1.82, 2.24) is 20.1 Å². The zero-order valence-electron chi connectivity index (χ0n) is 18.9. The molecule has 0 aliphatic carbocycles. The molecule has 3 amide bonds. The van der Waals surface area contributed by atoms with Gasteiger partial charge in [0.2, 0.25) is 11.8 Å². The number of benzene rings is 1. The lowest BCUT2D eigenvalue weighted by molar-refractivity contribution is -0.136. The van der Waals surface area contributed by atoms with Crippen LogP contribution in [0.1, 0.15) is 34.5 Å². The molecule has 4 heterocycles. The first kappa shape index (κ1) is 22.3. The minimum Gasteiger partial charge on any atom is -0.495 e. The second-order valence-corrected chi connectivity index (χ2v) is 8.80. The van der Waals surface area contributed by atoms with Crippen molar-refractivity contribution >= 4 is 23.4 Å². The number of imide groups is 1. The Morgan fingerprint density at radius 1 is 1.15 bits per heavy atom. The fourth-order valence-electron chi connectivity index (χ4n) is 4.89. The molecule has 178 valence electrons. The van der Waals surface area contributed by atoms with E-state index in [1.54, 1.807) is 13.3 Å². The van der Waals surface area contributed by atoms with E-state index in [0.717, 1.165) is 30.1 Å². The average Bonchev–Trinajstić information content (AvgIpc) is 3.15. The van der Waals surface area contributed by atoms with Gasteiger partial charge in [-0.15, -0.1) is 0 Å². The molecule has 2 aromatic rings. The second kappa shape index (κ2) is 9.02. The number of carbonyl (C=O) groups excluding carboxylic acids is 3. The van der Waals surface area contributed by atoms with Crippen LogP contribution in [0.4, 0.5) is 10.1 Å². The van der Waals surface area contributed by atoms with E-state index >= 15 is 0 Å². The van der Waals surface area contributed by atoms with Gasteiger partial charge < -0.3 is 14.5 Å². The molecule has 0 spiro atoms. The standard InChI is InChI=1S/C24H26FN5O4/c1-34-17-3-2-16(26-12-17)13-28-6-8-29(9-7-28)21-11-15(25)10-18-19(21)14-30(24(18)33)20-4-5-22(31)27-23(20)32/h2-3,10-12,20H,4-9,13-14H2,1H3,(H,27,31,32). The van der Waals surface area contributed by atoms with Gasteiger partial charge in [-0.1, -0.05) is 0 Å². The van der Waals surface area contributed by atoms with Crippen LogP contribution in [-0.2, 0) is 22.7 Å². The molecule has 0 bridgehead atoms. The van der Waals surface area contributed by atoms with Crippen LogP contribution in [0.3, 0.4) is 0 Å². The van der Waals surface area contributed by atoms with Crippen LogP contribution in [0.5, 0.6) is 5.75 Å². The number of carbonyl (C=O) groups is 3. The summed E-state index contributed by atoms with van der Waals surface area (Å²) in [6.07, 6.45) is 2.16. The Balaban J connectivity index is 1.29. The molecule has 3 aliphatic heterocycles. The number of rotatable bonds is 5. The summed E-state index contributed by atoms with van der Waals surface area (Å²) in [6.45, 7) is 3.83. The predicted octanol–water partition coefficient (Wildman–Crippen LogP) is 1.31. The Hall–Kier alpha value is -3.53. The molecule has 10 heteroatoms. The third-order valence-corrected chi connectivity index (χ3v) is 6.73. The maximum absolute atomic E-state index is 14.5. The fraction of sp³-hybridized carbons (Fsp3) is 0.417. The molecule has 2 saturated heterocycles. The number of piperazine rings is 1. The third-order valence-electron chi connectivity index (χ3n) is 6.73. The van der Waals surface area contributed by atoms with Gasteiger partial charge in [-0.2, -0.15) is 0 Å². The van der Waals surface area contributed by atoms with Gasteiger partial charge in [0.05, 0.1) is 19.0 Å². The number of hydrogen-bond donors (Lipinski definition) is 1. The van der Waals surface area contributed by atoms with E-state index in [0.29, 0.717) is 30.9 Å². The van der Waals surface area contributed by atoms with Gasteiger partial charge in [0.25, 0.3) is 5.91 Å². The number of methoxy groups -OCH3 is 1. The van der Waals surface area contributed by atoms with Crippen molar-refractivity contribution in [3.63, 3.8) is 0 Å². The second-order valence-electron chi connectivity index (χ2n) is 8.80. The van der Waals surface area contributed by atoms with Crippen LogP contribution in [-0.4, -0.2) is 71.8 Å². The van der Waals surface area contributed by atoms with E-state index in [1.807, 2.05) is 12.1 Å². The first-order chi connectivity index (χ1) is 16.4. The molecule has 2 fully saturated rings. The molecular formula is C24H26FN5O4. The highest BCUT2D eigenvalue weighted by Crippen LogP contribution is 2.35. The lowest BCUT2D eigenvalue weighted by atomic mass is 10.0. The zero-order valence-corrected chi connectivity index (χ0v) is 18.9. The molecule has 1 aromatic carbocycles. The minimum absolute atomic E-state index is 0.183. The summed E-state index contributed by atoms with van der Waals surface area (Å²) in [5.74, 6) is -0.930. The van der Waals surface area contributed by atoms with Crippen molar-refractivity contribution in [1.29, 1.82) is 0 Å². The van der Waals surface area contributed by atoms with E-state index < -0.39 is 17.8 Å². The summed E-state index contributed by atoms with van der Waals surface area (Å²) in [4.78, 5) is 47.2. The number of piperidine rings is 1. The summed E-state index contributed by atoms with van der Waals surface area (Å²) < 4.78 is 19.7. The highest BCUT2D eigenvalue weighted by Gasteiger charge is 2.41. The van der Waals surface area contributed by atoms with Crippen molar-refractivity contribution in [3.05, 3.63) is 53.1 Å². The van der Waals surface area contributed by atoms with Gasteiger partial charge >= 0.3 is 0 Å². The van der Waals surface area contributed by atoms with Gasteiger partial charge in [-0.3, -0.25) is 29.6 Å². The third kappa shape index (κ3) is 4.21. The minimum atomic E-state index is -0.720. The first-order valence-corrected chi connectivity index (χ1v) is 11.4. The molecule has 1 aromatic heterocycles. The van der Waals surface area contributed by atoms with Crippen LogP contribution < -0.4 is 15.0 Å². The number of aromatic nitrogens is 1. The van der Waals surface area contributed by atoms with Gasteiger partial charge in [0.1, 0.15) is 17.6 Å². The van der Waals surface area contributed by atoms with E-state index in [2.05, 4.69) is 20.1 Å². The summed E-state index contributed by atoms with van der Waals surface area (Å²) in [5, 5.41) is 2.30. The number of ether oxygens (including phenoxy) is 1. The van der Waals surface area contributed by atoms with Crippen LogP contribution in [0.15, 0.2) is 30.5 Å². The number of anilines is 1. The Kier molecular flexibility index (Phi) is 5.91. The van der Waals surface area contributed by atoms with Crippen molar-refractivity contribution in [2.24, 2.45) is 0 Å². The highest BCUT2D eigenvalue weighted by molar-refractivity contribution is 6.06. The molecular weight excluding hydrogens is 441 g/mol. The normalized spacial score (nSPS) is 21.0. The highest BCUT2D eigenvalue weighted by atomic mass is 19.1. The van der Waals surface area contributed by atoms with Gasteiger partial charge in [0.15, 0.2) is 0 Å². The summed E-state index contributed by atoms with van der Waals surface area (Å²) in [5.41, 5.74) is 2.68. The molecule has 34 heavy (non-hydrogen) atoms. The van der Waals surface area contributed by atoms with E-state index in [9.17, 15) is 18.8 Å². The lowest BCUT2D eigenvalue weighted by Crippen LogP contribution is -2.52. The maximum atomic E-state index is 14.5. The number of hydrogen-bond acceptors (Lipinski definition) is 7. The van der Waals surface area contributed by atoms with Gasteiger partial charge in [0, 0.05) is 62.5 Å². The number of amides is 3. The number of halogens is 1. The SMILES string of the molecule is COc1ccc(CN2CCN(c3cc(F)cc4c3CN(C3CCC(=O)NC3=O)C4=O)CC2)nc1. The molecule has 0 saturated carbocycles. The molecule has 1 atom stereocenters. The molecule has 0 radical (unpaired) electrons.